The van der Waals surface area contributed by atoms with Crippen molar-refractivity contribution < 1.29 is 4.79 Å². The molecular formula is C6H12N2O. The lowest BCUT2D eigenvalue weighted by molar-refractivity contribution is -0.126. The molecule has 1 heterocycles. The normalized spacial score (nSPS) is 34.7. The summed E-state index contributed by atoms with van der Waals surface area (Å²) in [5.41, 5.74) is 5.22. The molecule has 1 aliphatic rings. The van der Waals surface area contributed by atoms with Gasteiger partial charge < -0.3 is 0 Å². The molecule has 0 spiro atoms. The van der Waals surface area contributed by atoms with Crippen molar-refractivity contribution in [3.63, 3.8) is 0 Å². The number of nitrogens with one attached hydrogen (secondary N) is 2. The SMILES string of the molecule is CC[C@]1(C)CNNC1=O. The molecule has 9 heavy (non-hydrogen) atoms. The fourth-order valence-corrected chi connectivity index (χ4v) is 0.836. The average molecular weight is 128 g/mol. The van der Waals surface area contributed by atoms with Gasteiger partial charge in [0.2, 0.25) is 5.91 Å². The quantitative estimate of drug-likeness (QED) is 0.523. The Hall–Kier alpha value is -0.570. The molecule has 0 aromatic carbocycles. The van der Waals surface area contributed by atoms with Crippen molar-refractivity contribution in [2.45, 2.75) is 20.3 Å². The van der Waals surface area contributed by atoms with E-state index >= 15 is 0 Å². The Morgan fingerprint density at radius 3 is 2.67 bits per heavy atom. The molecule has 1 fully saturated rings. The van der Waals surface area contributed by atoms with Crippen molar-refractivity contribution in [1.29, 1.82) is 0 Å². The molecular weight excluding hydrogens is 116 g/mol. The minimum atomic E-state index is -0.167. The van der Waals surface area contributed by atoms with Crippen molar-refractivity contribution in [2.24, 2.45) is 5.41 Å². The fourth-order valence-electron chi connectivity index (χ4n) is 0.836. The number of hydrogen-bond donors (Lipinski definition) is 2. The van der Waals surface area contributed by atoms with Gasteiger partial charge in [-0.3, -0.25) is 10.2 Å². The molecule has 1 amide bonds. The van der Waals surface area contributed by atoms with Gasteiger partial charge in [-0.05, 0) is 13.3 Å². The Kier molecular flexibility index (Phi) is 1.45. The van der Waals surface area contributed by atoms with Gasteiger partial charge in [-0.25, -0.2) is 5.43 Å². The molecule has 52 valence electrons. The third-order valence-electron chi connectivity index (χ3n) is 2.01. The van der Waals surface area contributed by atoms with E-state index in [9.17, 15) is 4.79 Å². The van der Waals surface area contributed by atoms with Crippen molar-refractivity contribution in [1.82, 2.24) is 10.9 Å². The maximum Gasteiger partial charge on any atom is 0.241 e. The third-order valence-corrected chi connectivity index (χ3v) is 2.01. The molecule has 3 nitrogen and oxygen atoms in total. The van der Waals surface area contributed by atoms with Crippen LogP contribution >= 0.6 is 0 Å². The van der Waals surface area contributed by atoms with E-state index < -0.39 is 0 Å². The highest BCUT2D eigenvalue weighted by molar-refractivity contribution is 5.83. The summed E-state index contributed by atoms with van der Waals surface area (Å²) in [6.45, 7) is 4.73. The van der Waals surface area contributed by atoms with E-state index in [0.29, 0.717) is 0 Å². The zero-order valence-corrected chi connectivity index (χ0v) is 5.82. The van der Waals surface area contributed by atoms with Crippen LogP contribution in [-0.4, -0.2) is 12.5 Å². The van der Waals surface area contributed by atoms with E-state index in [-0.39, 0.29) is 11.3 Å². The molecule has 0 radical (unpaired) electrons. The summed E-state index contributed by atoms with van der Waals surface area (Å²) < 4.78 is 0. The van der Waals surface area contributed by atoms with Crippen LogP contribution in [0.4, 0.5) is 0 Å². The Labute approximate surface area is 54.8 Å². The Morgan fingerprint density at radius 1 is 1.78 bits per heavy atom. The molecule has 1 saturated heterocycles. The Balaban J connectivity index is 2.67. The van der Waals surface area contributed by atoms with Crippen LogP contribution in [-0.2, 0) is 4.79 Å². The minimum absolute atomic E-state index is 0.116. The molecule has 0 aliphatic carbocycles. The van der Waals surface area contributed by atoms with E-state index in [0.717, 1.165) is 13.0 Å². The first-order chi connectivity index (χ1) is 4.19. The topological polar surface area (TPSA) is 41.1 Å². The van der Waals surface area contributed by atoms with Gasteiger partial charge in [0.05, 0.1) is 5.41 Å². The van der Waals surface area contributed by atoms with Crippen molar-refractivity contribution in [3.8, 4) is 0 Å². The smallest absolute Gasteiger partial charge is 0.241 e. The van der Waals surface area contributed by atoms with E-state index in [4.69, 9.17) is 0 Å². The van der Waals surface area contributed by atoms with Gasteiger partial charge in [-0.15, -0.1) is 0 Å². The first-order valence-electron chi connectivity index (χ1n) is 3.22. The van der Waals surface area contributed by atoms with Crippen LogP contribution in [0.15, 0.2) is 0 Å². The summed E-state index contributed by atoms with van der Waals surface area (Å²) in [6, 6.07) is 0. The first kappa shape index (κ1) is 6.55. The Bertz CT molecular complexity index is 135. The van der Waals surface area contributed by atoms with Crippen LogP contribution in [0.2, 0.25) is 0 Å². The molecule has 3 heteroatoms. The number of carbonyl (C=O) groups excluding carboxylic acids is 1. The Morgan fingerprint density at radius 2 is 2.44 bits per heavy atom. The highest BCUT2D eigenvalue weighted by atomic mass is 16.2. The van der Waals surface area contributed by atoms with E-state index in [1.807, 2.05) is 13.8 Å². The molecule has 0 unspecified atom stereocenters. The predicted molar refractivity (Wildman–Crippen MR) is 34.5 cm³/mol. The largest absolute Gasteiger partial charge is 0.291 e. The van der Waals surface area contributed by atoms with Gasteiger partial charge in [-0.1, -0.05) is 6.92 Å². The minimum Gasteiger partial charge on any atom is -0.291 e. The van der Waals surface area contributed by atoms with Crippen molar-refractivity contribution >= 4 is 5.91 Å². The molecule has 0 bridgehead atoms. The van der Waals surface area contributed by atoms with Gasteiger partial charge in [0.1, 0.15) is 0 Å². The summed E-state index contributed by atoms with van der Waals surface area (Å²) in [5.74, 6) is 0.116. The van der Waals surface area contributed by atoms with Gasteiger partial charge in [0.25, 0.3) is 0 Å². The second-order valence-electron chi connectivity index (χ2n) is 2.72. The molecule has 1 rings (SSSR count). The summed E-state index contributed by atoms with van der Waals surface area (Å²) in [5, 5.41) is 0. The molecule has 2 N–H and O–H groups in total. The van der Waals surface area contributed by atoms with Crippen molar-refractivity contribution in [2.75, 3.05) is 6.54 Å². The van der Waals surface area contributed by atoms with Crippen LogP contribution in [0.5, 0.6) is 0 Å². The number of rotatable bonds is 1. The van der Waals surface area contributed by atoms with E-state index in [1.54, 1.807) is 0 Å². The maximum absolute atomic E-state index is 11.0. The van der Waals surface area contributed by atoms with Crippen LogP contribution in [0.1, 0.15) is 20.3 Å². The van der Waals surface area contributed by atoms with Crippen LogP contribution in [0, 0.1) is 5.41 Å². The molecule has 0 saturated carbocycles. The monoisotopic (exact) mass is 128 g/mol. The summed E-state index contributed by atoms with van der Waals surface area (Å²) in [7, 11) is 0. The molecule has 0 aromatic rings. The average Bonchev–Trinajstić information content (AvgIpc) is 2.15. The van der Waals surface area contributed by atoms with Crippen LogP contribution in [0.3, 0.4) is 0 Å². The highest BCUT2D eigenvalue weighted by Gasteiger charge is 2.35. The first-order valence-corrected chi connectivity index (χ1v) is 3.22. The van der Waals surface area contributed by atoms with Gasteiger partial charge in [0.15, 0.2) is 0 Å². The lowest BCUT2D eigenvalue weighted by atomic mass is 9.88. The van der Waals surface area contributed by atoms with Gasteiger partial charge >= 0.3 is 0 Å². The van der Waals surface area contributed by atoms with Crippen LogP contribution < -0.4 is 10.9 Å². The second kappa shape index (κ2) is 1.99. The van der Waals surface area contributed by atoms with Gasteiger partial charge in [0, 0.05) is 6.54 Å². The summed E-state index contributed by atoms with van der Waals surface area (Å²) >= 11 is 0. The van der Waals surface area contributed by atoms with E-state index in [2.05, 4.69) is 10.9 Å². The van der Waals surface area contributed by atoms with Crippen LogP contribution in [0.25, 0.3) is 0 Å². The number of hydrogen-bond acceptors (Lipinski definition) is 2. The lowest BCUT2D eigenvalue weighted by Crippen LogP contribution is -2.29. The fraction of sp³-hybridized carbons (Fsp3) is 0.833. The standard InChI is InChI=1S/C6H12N2O/c1-3-6(2)4-7-8-5(6)9/h7H,3-4H2,1-2H3,(H,8,9)/t6-/m1/s1. The number of carbonyl (C=O) groups is 1. The highest BCUT2D eigenvalue weighted by Crippen LogP contribution is 2.22. The molecule has 1 atom stereocenters. The van der Waals surface area contributed by atoms with Gasteiger partial charge in [-0.2, -0.15) is 0 Å². The molecule has 0 aromatic heterocycles. The summed E-state index contributed by atoms with van der Waals surface area (Å²) in [4.78, 5) is 11.0. The van der Waals surface area contributed by atoms with E-state index in [1.165, 1.54) is 0 Å². The zero-order valence-electron chi connectivity index (χ0n) is 5.82. The number of amides is 1. The second-order valence-corrected chi connectivity index (χ2v) is 2.72. The molecule has 1 aliphatic heterocycles. The predicted octanol–water partition coefficient (Wildman–Crippen LogP) is 0.0371. The third kappa shape index (κ3) is 0.920. The van der Waals surface area contributed by atoms with Crippen molar-refractivity contribution in [3.05, 3.63) is 0 Å². The lowest BCUT2D eigenvalue weighted by Gasteiger charge is -2.14. The summed E-state index contributed by atoms with van der Waals surface area (Å²) in [6.07, 6.45) is 0.895. The number of hydrazine groups is 1. The zero-order chi connectivity index (χ0) is 6.91. The maximum atomic E-state index is 11.0.